The number of ether oxygens (including phenoxy) is 2. The van der Waals surface area contributed by atoms with Crippen molar-refractivity contribution in [1.82, 2.24) is 20.8 Å². The molecule has 0 radical (unpaired) electrons. The van der Waals surface area contributed by atoms with E-state index in [1.54, 1.807) is 18.7 Å². The number of fused-ring (bicyclic) bond motifs is 1. The second-order valence-electron chi connectivity index (χ2n) is 6.83. The number of methoxy groups -OCH3 is 1. The summed E-state index contributed by atoms with van der Waals surface area (Å²) < 4.78 is 11.4. The van der Waals surface area contributed by atoms with Gasteiger partial charge < -0.3 is 20.1 Å². The predicted molar refractivity (Wildman–Crippen MR) is 121 cm³/mol. The molecule has 0 unspecified atom stereocenters. The minimum absolute atomic E-state index is 0.253. The third kappa shape index (κ3) is 6.07. The van der Waals surface area contributed by atoms with E-state index in [9.17, 15) is 4.79 Å². The molecule has 1 heterocycles. The zero-order valence-electron chi connectivity index (χ0n) is 17.7. The van der Waals surface area contributed by atoms with Crippen molar-refractivity contribution >= 4 is 28.3 Å². The number of hydrogen-bond acceptors (Lipinski definition) is 8. The number of aromatic nitrogens is 2. The molecule has 0 saturated heterocycles. The third-order valence-electron chi connectivity index (χ3n) is 4.63. The van der Waals surface area contributed by atoms with Crippen molar-refractivity contribution in [3.05, 3.63) is 48.3 Å². The van der Waals surface area contributed by atoms with Gasteiger partial charge in [-0.05, 0) is 37.2 Å². The van der Waals surface area contributed by atoms with Gasteiger partial charge in [0, 0.05) is 35.7 Å². The van der Waals surface area contributed by atoms with E-state index in [1.807, 2.05) is 30.3 Å². The monoisotopic (exact) mass is 435 g/mol. The lowest BCUT2D eigenvalue weighted by atomic mass is 10.2. The molecule has 0 fully saturated rings. The maximum absolute atomic E-state index is 11.0. The molecule has 4 N–H and O–H groups in total. The molecule has 166 valence electrons. The number of rotatable bonds is 11. The molecule has 3 rings (SSSR count). The van der Waals surface area contributed by atoms with Crippen LogP contribution in [0.2, 0.25) is 0 Å². The second kappa shape index (κ2) is 11.5. The Labute approximate surface area is 186 Å². The number of hydrogen-bond donors (Lipinski definition) is 4. The number of nitrogens with one attached hydrogen (secondary N) is 3. The van der Waals surface area contributed by atoms with Gasteiger partial charge in [0.05, 0.1) is 12.6 Å². The molecular weight excluding hydrogens is 410 g/mol. The van der Waals surface area contributed by atoms with Gasteiger partial charge in [0.2, 0.25) is 5.91 Å². The fraction of sp³-hybridized carbons (Fsp3) is 0.261. The molecule has 9 nitrogen and oxygen atoms in total. The molecule has 1 aromatic heterocycles. The van der Waals surface area contributed by atoms with Gasteiger partial charge in [-0.15, -0.1) is 6.42 Å². The van der Waals surface area contributed by atoms with E-state index >= 15 is 0 Å². The molecule has 0 aliphatic carbocycles. The van der Waals surface area contributed by atoms with Gasteiger partial charge in [-0.2, -0.15) is 0 Å². The maximum atomic E-state index is 11.0. The topological polar surface area (TPSA) is 118 Å². The van der Waals surface area contributed by atoms with Crippen molar-refractivity contribution in [2.45, 2.75) is 12.8 Å². The fourth-order valence-electron chi connectivity index (χ4n) is 3.05. The van der Waals surface area contributed by atoms with Crippen molar-refractivity contribution in [1.29, 1.82) is 0 Å². The summed E-state index contributed by atoms with van der Waals surface area (Å²) in [6.07, 6.45) is 7.84. The first-order valence-electron chi connectivity index (χ1n) is 10.1. The summed E-state index contributed by atoms with van der Waals surface area (Å²) in [4.78, 5) is 19.7. The van der Waals surface area contributed by atoms with Gasteiger partial charge >= 0.3 is 0 Å². The van der Waals surface area contributed by atoms with E-state index in [4.69, 9.17) is 21.1 Å². The highest BCUT2D eigenvalue weighted by atomic mass is 16.5. The summed E-state index contributed by atoms with van der Waals surface area (Å²) in [6, 6.07) is 11.1. The lowest BCUT2D eigenvalue weighted by molar-refractivity contribution is -0.129. The first-order valence-corrected chi connectivity index (χ1v) is 10.1. The van der Waals surface area contributed by atoms with Gasteiger partial charge in [0.1, 0.15) is 18.8 Å². The van der Waals surface area contributed by atoms with Crippen LogP contribution in [0.1, 0.15) is 18.4 Å². The fourth-order valence-corrected chi connectivity index (χ4v) is 3.05. The normalized spacial score (nSPS) is 10.4. The van der Waals surface area contributed by atoms with E-state index in [0.717, 1.165) is 16.6 Å². The first-order chi connectivity index (χ1) is 15.6. The van der Waals surface area contributed by atoms with Crippen LogP contribution in [0.5, 0.6) is 11.5 Å². The predicted octanol–water partition coefficient (Wildman–Crippen LogP) is 2.62. The summed E-state index contributed by atoms with van der Waals surface area (Å²) in [5, 5.41) is 15.7. The highest BCUT2D eigenvalue weighted by Gasteiger charge is 2.12. The van der Waals surface area contributed by atoms with Crippen molar-refractivity contribution in [2.24, 2.45) is 0 Å². The van der Waals surface area contributed by atoms with Crippen LogP contribution in [0, 0.1) is 12.3 Å². The van der Waals surface area contributed by atoms with Crippen molar-refractivity contribution in [3.8, 4) is 23.8 Å². The minimum atomic E-state index is -0.401. The van der Waals surface area contributed by atoms with Gasteiger partial charge in [-0.3, -0.25) is 10.0 Å². The maximum Gasteiger partial charge on any atom is 0.243 e. The molecule has 0 bridgehead atoms. The molecule has 9 heteroatoms. The van der Waals surface area contributed by atoms with Crippen LogP contribution in [0.4, 0.5) is 11.5 Å². The van der Waals surface area contributed by atoms with E-state index in [1.165, 1.54) is 6.33 Å². The highest BCUT2D eigenvalue weighted by Crippen LogP contribution is 2.34. The van der Waals surface area contributed by atoms with Crippen LogP contribution in [-0.2, 0) is 4.79 Å². The smallest absolute Gasteiger partial charge is 0.243 e. The quantitative estimate of drug-likeness (QED) is 0.157. The molecule has 2 aromatic carbocycles. The molecule has 0 aliphatic rings. The molecule has 0 aliphatic heterocycles. The number of terminal acetylenes is 1. The van der Waals surface area contributed by atoms with Gasteiger partial charge in [0.25, 0.3) is 0 Å². The Hall–Kier alpha value is -3.87. The standard InChI is InChI=1S/C23H25N5O4/c1-3-16-6-4-7-17(12-16)27-23-18-13-21(20(31-2)14-19(18)25-15-26-23)32-11-10-24-9-5-8-22(29)28-30/h1,4,6-7,12-15,24,30H,5,8-11H2,2H3,(H,28,29)(H,25,26,27). The SMILES string of the molecule is C#Cc1cccc(Nc2ncnc3cc(OC)c(OCCNCCCC(=O)NO)cc23)c1. The van der Waals surface area contributed by atoms with Crippen LogP contribution in [0.3, 0.4) is 0 Å². The van der Waals surface area contributed by atoms with Crippen LogP contribution >= 0.6 is 0 Å². The zero-order valence-corrected chi connectivity index (χ0v) is 17.7. The summed E-state index contributed by atoms with van der Waals surface area (Å²) in [6.45, 7) is 1.61. The number of benzene rings is 2. The Balaban J connectivity index is 1.69. The van der Waals surface area contributed by atoms with Crippen LogP contribution in [0.25, 0.3) is 10.9 Å². The summed E-state index contributed by atoms with van der Waals surface area (Å²) in [5.41, 5.74) is 3.90. The van der Waals surface area contributed by atoms with Gasteiger partial charge in [-0.25, -0.2) is 15.4 Å². The largest absolute Gasteiger partial charge is 0.493 e. The molecule has 0 spiro atoms. The Kier molecular flexibility index (Phi) is 8.20. The number of amides is 1. The number of carbonyl (C=O) groups excluding carboxylic acids is 1. The molecule has 0 atom stereocenters. The Morgan fingerprint density at radius 3 is 2.84 bits per heavy atom. The number of nitrogens with zero attached hydrogens (tertiary/aromatic N) is 2. The van der Waals surface area contributed by atoms with Crippen LogP contribution in [-0.4, -0.2) is 47.9 Å². The highest BCUT2D eigenvalue weighted by molar-refractivity contribution is 5.93. The molecule has 3 aromatic rings. The lowest BCUT2D eigenvalue weighted by Gasteiger charge is -2.14. The summed E-state index contributed by atoms with van der Waals surface area (Å²) in [5.74, 6) is 3.97. The third-order valence-corrected chi connectivity index (χ3v) is 4.63. The molecule has 0 saturated carbocycles. The second-order valence-corrected chi connectivity index (χ2v) is 6.83. The van der Waals surface area contributed by atoms with Crippen molar-refractivity contribution in [3.63, 3.8) is 0 Å². The Bertz CT molecular complexity index is 1110. The molecule has 1 amide bonds. The minimum Gasteiger partial charge on any atom is -0.493 e. The summed E-state index contributed by atoms with van der Waals surface area (Å²) >= 11 is 0. The van der Waals surface area contributed by atoms with E-state index in [-0.39, 0.29) is 6.42 Å². The average molecular weight is 435 g/mol. The average Bonchev–Trinajstić information content (AvgIpc) is 2.83. The zero-order chi connectivity index (χ0) is 22.8. The molecule has 32 heavy (non-hydrogen) atoms. The van der Waals surface area contributed by atoms with Crippen LogP contribution in [0.15, 0.2) is 42.7 Å². The van der Waals surface area contributed by atoms with Gasteiger partial charge in [0.15, 0.2) is 11.5 Å². The number of hydroxylamine groups is 1. The van der Waals surface area contributed by atoms with Gasteiger partial charge in [-0.1, -0.05) is 12.0 Å². The van der Waals surface area contributed by atoms with Crippen LogP contribution < -0.4 is 25.6 Å². The molecular formula is C23H25N5O4. The van der Waals surface area contributed by atoms with E-state index in [0.29, 0.717) is 49.0 Å². The Morgan fingerprint density at radius 1 is 1.19 bits per heavy atom. The first kappa shape index (κ1) is 22.8. The number of carbonyl (C=O) groups is 1. The summed E-state index contributed by atoms with van der Waals surface area (Å²) in [7, 11) is 1.57. The van der Waals surface area contributed by atoms with Crippen molar-refractivity contribution in [2.75, 3.05) is 32.1 Å². The van der Waals surface area contributed by atoms with Crippen molar-refractivity contribution < 1.29 is 19.5 Å². The Morgan fingerprint density at radius 2 is 2.06 bits per heavy atom. The van der Waals surface area contributed by atoms with E-state index in [2.05, 4.69) is 26.5 Å². The lowest BCUT2D eigenvalue weighted by Crippen LogP contribution is -2.24. The number of anilines is 2. The van der Waals surface area contributed by atoms with E-state index < -0.39 is 5.91 Å².